The highest BCUT2D eigenvalue weighted by atomic mass is 79.9. The van der Waals surface area contributed by atoms with Gasteiger partial charge in [0.05, 0.1) is 5.56 Å². The van der Waals surface area contributed by atoms with E-state index >= 15 is 0 Å². The molecule has 1 aromatic carbocycles. The van der Waals surface area contributed by atoms with Crippen LogP contribution in [0.1, 0.15) is 5.56 Å². The third-order valence-electron chi connectivity index (χ3n) is 1.65. The third kappa shape index (κ3) is 3.70. The smallest absolute Gasteiger partial charge is 0.382 e. The molecule has 84 valence electrons. The summed E-state index contributed by atoms with van der Waals surface area (Å²) < 4.78 is 49.2. The number of alkyl halides is 4. The molecule has 6 heteroatoms. The summed E-state index contributed by atoms with van der Waals surface area (Å²) in [6, 6.07) is 3.38. The van der Waals surface area contributed by atoms with Gasteiger partial charge in [0.2, 0.25) is 0 Å². The van der Waals surface area contributed by atoms with Gasteiger partial charge in [-0.25, -0.2) is 4.39 Å². The maximum absolute atomic E-state index is 12.3. The molecular formula is C9H8BrF4N. The number of halogens is 5. The van der Waals surface area contributed by atoms with Gasteiger partial charge in [0.25, 0.3) is 0 Å². The second kappa shape index (κ2) is 4.83. The standard InChI is InChI=1S/C9H8BrF4N/c10-7-3-6(9(12,13)14)4-8(5-7)15-2-1-11/h3-5,15H,1-2H2. The fraction of sp³-hybridized carbons (Fsp3) is 0.333. The number of hydrogen-bond acceptors (Lipinski definition) is 1. The van der Waals surface area contributed by atoms with Crippen LogP contribution in [0.3, 0.4) is 0 Å². The number of rotatable bonds is 3. The molecule has 0 spiro atoms. The summed E-state index contributed by atoms with van der Waals surface area (Å²) in [5.74, 6) is 0. The molecule has 0 aliphatic carbocycles. The molecule has 0 aliphatic heterocycles. The normalized spacial score (nSPS) is 11.5. The van der Waals surface area contributed by atoms with Crippen LogP contribution in [-0.4, -0.2) is 13.2 Å². The van der Waals surface area contributed by atoms with Crippen LogP contribution < -0.4 is 5.32 Å². The molecule has 0 heterocycles. The Kier molecular flexibility index (Phi) is 3.96. The van der Waals surface area contributed by atoms with Crippen molar-refractivity contribution in [3.8, 4) is 0 Å². The lowest BCUT2D eigenvalue weighted by molar-refractivity contribution is -0.137. The highest BCUT2D eigenvalue weighted by molar-refractivity contribution is 9.10. The quantitative estimate of drug-likeness (QED) is 0.832. The van der Waals surface area contributed by atoms with Crippen LogP contribution in [0, 0.1) is 0 Å². The van der Waals surface area contributed by atoms with E-state index < -0.39 is 18.4 Å². The monoisotopic (exact) mass is 285 g/mol. The van der Waals surface area contributed by atoms with E-state index in [-0.39, 0.29) is 12.2 Å². The van der Waals surface area contributed by atoms with E-state index in [9.17, 15) is 17.6 Å². The van der Waals surface area contributed by atoms with E-state index in [0.717, 1.165) is 12.1 Å². The van der Waals surface area contributed by atoms with Crippen molar-refractivity contribution < 1.29 is 17.6 Å². The number of hydrogen-bond donors (Lipinski definition) is 1. The second-order valence-corrected chi connectivity index (χ2v) is 3.76. The zero-order chi connectivity index (χ0) is 11.5. The fourth-order valence-corrected chi connectivity index (χ4v) is 1.54. The van der Waals surface area contributed by atoms with Crippen LogP contribution >= 0.6 is 15.9 Å². The zero-order valence-electron chi connectivity index (χ0n) is 7.54. The Balaban J connectivity index is 2.95. The second-order valence-electron chi connectivity index (χ2n) is 2.84. The molecule has 0 unspecified atom stereocenters. The molecule has 0 aliphatic rings. The summed E-state index contributed by atoms with van der Waals surface area (Å²) >= 11 is 2.96. The lowest BCUT2D eigenvalue weighted by atomic mass is 10.2. The van der Waals surface area contributed by atoms with Crippen molar-refractivity contribution in [2.45, 2.75) is 6.18 Å². The van der Waals surface area contributed by atoms with Crippen molar-refractivity contribution in [1.29, 1.82) is 0 Å². The minimum Gasteiger partial charge on any atom is -0.382 e. The third-order valence-corrected chi connectivity index (χ3v) is 2.11. The van der Waals surface area contributed by atoms with Gasteiger partial charge in [-0.15, -0.1) is 0 Å². The molecule has 1 nitrogen and oxygen atoms in total. The van der Waals surface area contributed by atoms with Gasteiger partial charge in [0.1, 0.15) is 6.67 Å². The topological polar surface area (TPSA) is 12.0 Å². The minimum absolute atomic E-state index is 0.00620. The first kappa shape index (κ1) is 12.3. The first-order chi connectivity index (χ1) is 6.93. The molecule has 0 radical (unpaired) electrons. The summed E-state index contributed by atoms with van der Waals surface area (Å²) in [6.07, 6.45) is -4.39. The van der Waals surface area contributed by atoms with Crippen molar-refractivity contribution in [3.05, 3.63) is 28.2 Å². The molecule has 0 fully saturated rings. The van der Waals surface area contributed by atoms with E-state index in [0.29, 0.717) is 4.47 Å². The van der Waals surface area contributed by atoms with Crippen molar-refractivity contribution >= 4 is 21.6 Å². The van der Waals surface area contributed by atoms with E-state index in [1.165, 1.54) is 6.07 Å². The van der Waals surface area contributed by atoms with Gasteiger partial charge in [0, 0.05) is 16.7 Å². The molecule has 1 aromatic rings. The van der Waals surface area contributed by atoms with Crippen molar-refractivity contribution in [3.63, 3.8) is 0 Å². The van der Waals surface area contributed by atoms with E-state index in [1.807, 2.05) is 0 Å². The Hall–Kier alpha value is -0.780. The first-order valence-electron chi connectivity index (χ1n) is 4.11. The van der Waals surface area contributed by atoms with Gasteiger partial charge in [-0.2, -0.15) is 13.2 Å². The maximum Gasteiger partial charge on any atom is 0.416 e. The Morgan fingerprint density at radius 1 is 1.20 bits per heavy atom. The largest absolute Gasteiger partial charge is 0.416 e. The molecular weight excluding hydrogens is 278 g/mol. The highest BCUT2D eigenvalue weighted by Crippen LogP contribution is 2.33. The average molecular weight is 286 g/mol. The van der Waals surface area contributed by atoms with E-state index in [1.54, 1.807) is 0 Å². The summed E-state index contributed by atoms with van der Waals surface area (Å²) in [5.41, 5.74) is -0.521. The average Bonchev–Trinajstić information content (AvgIpc) is 2.12. The van der Waals surface area contributed by atoms with Crippen LogP contribution in [0.15, 0.2) is 22.7 Å². The SMILES string of the molecule is FCCNc1cc(Br)cc(C(F)(F)F)c1. The van der Waals surface area contributed by atoms with Crippen molar-refractivity contribution in [2.24, 2.45) is 0 Å². The van der Waals surface area contributed by atoms with Gasteiger partial charge < -0.3 is 5.32 Å². The first-order valence-corrected chi connectivity index (χ1v) is 4.90. The molecule has 1 rings (SSSR count). The summed E-state index contributed by atoms with van der Waals surface area (Å²) in [5, 5.41) is 2.54. The zero-order valence-corrected chi connectivity index (χ0v) is 9.12. The maximum atomic E-state index is 12.3. The number of anilines is 1. The van der Waals surface area contributed by atoms with Crippen LogP contribution in [-0.2, 0) is 6.18 Å². The molecule has 0 amide bonds. The summed E-state index contributed by atoms with van der Waals surface area (Å²) in [7, 11) is 0. The molecule has 1 N–H and O–H groups in total. The Morgan fingerprint density at radius 2 is 1.87 bits per heavy atom. The van der Waals surface area contributed by atoms with Crippen molar-refractivity contribution in [1.82, 2.24) is 0 Å². The van der Waals surface area contributed by atoms with E-state index in [4.69, 9.17) is 0 Å². The molecule has 0 atom stereocenters. The molecule has 0 saturated heterocycles. The highest BCUT2D eigenvalue weighted by Gasteiger charge is 2.30. The van der Waals surface area contributed by atoms with Crippen LogP contribution in [0.25, 0.3) is 0 Å². The lowest BCUT2D eigenvalue weighted by Crippen LogP contribution is -2.08. The predicted octanol–water partition coefficient (Wildman–Crippen LogP) is 3.85. The Bertz CT molecular complexity index is 337. The Morgan fingerprint density at radius 3 is 2.40 bits per heavy atom. The van der Waals surface area contributed by atoms with Crippen molar-refractivity contribution in [2.75, 3.05) is 18.5 Å². The van der Waals surface area contributed by atoms with Gasteiger partial charge in [-0.05, 0) is 18.2 Å². The predicted molar refractivity (Wildman–Crippen MR) is 53.6 cm³/mol. The lowest BCUT2D eigenvalue weighted by Gasteiger charge is -2.10. The number of nitrogens with one attached hydrogen (secondary N) is 1. The van der Waals surface area contributed by atoms with Crippen LogP contribution in [0.5, 0.6) is 0 Å². The van der Waals surface area contributed by atoms with Gasteiger partial charge in [-0.3, -0.25) is 0 Å². The van der Waals surface area contributed by atoms with Gasteiger partial charge in [0.15, 0.2) is 0 Å². The fourth-order valence-electron chi connectivity index (χ4n) is 1.05. The minimum atomic E-state index is -4.39. The molecule has 15 heavy (non-hydrogen) atoms. The van der Waals surface area contributed by atoms with Crippen LogP contribution in [0.2, 0.25) is 0 Å². The Labute approximate surface area is 92.6 Å². The number of benzene rings is 1. The summed E-state index contributed by atoms with van der Waals surface area (Å²) in [4.78, 5) is 0. The summed E-state index contributed by atoms with van der Waals surface area (Å²) in [6.45, 7) is -0.637. The van der Waals surface area contributed by atoms with Gasteiger partial charge in [-0.1, -0.05) is 15.9 Å². The molecule has 0 saturated carbocycles. The van der Waals surface area contributed by atoms with E-state index in [2.05, 4.69) is 21.2 Å². The van der Waals surface area contributed by atoms with Gasteiger partial charge >= 0.3 is 6.18 Å². The molecule has 0 bridgehead atoms. The molecule has 0 aromatic heterocycles. The van der Waals surface area contributed by atoms with Crippen LogP contribution in [0.4, 0.5) is 23.2 Å².